The van der Waals surface area contributed by atoms with E-state index in [0.717, 1.165) is 28.3 Å². The third kappa shape index (κ3) is 3.15. The van der Waals surface area contributed by atoms with Gasteiger partial charge in [0.15, 0.2) is 0 Å². The van der Waals surface area contributed by atoms with E-state index in [1.165, 1.54) is 0 Å². The second kappa shape index (κ2) is 6.13. The summed E-state index contributed by atoms with van der Waals surface area (Å²) in [6.45, 7) is 5.85. The van der Waals surface area contributed by atoms with Crippen LogP contribution >= 0.6 is 0 Å². The third-order valence-corrected chi connectivity index (χ3v) is 3.09. The van der Waals surface area contributed by atoms with Crippen LogP contribution in [0.2, 0.25) is 0 Å². The van der Waals surface area contributed by atoms with Crippen molar-refractivity contribution in [3.63, 3.8) is 0 Å². The van der Waals surface area contributed by atoms with Gasteiger partial charge in [-0.25, -0.2) is 9.97 Å². The SMILES string of the molecule is C=C(C)c1ccc(Nc2cccc(-c3cnccn3)n2)nc1. The Kier molecular flexibility index (Phi) is 3.87. The second-order valence-corrected chi connectivity index (χ2v) is 4.84. The lowest BCUT2D eigenvalue weighted by molar-refractivity contribution is 1.17. The van der Waals surface area contributed by atoms with E-state index in [1.807, 2.05) is 37.3 Å². The van der Waals surface area contributed by atoms with Crippen LogP contribution in [0.4, 0.5) is 11.6 Å². The molecule has 5 nitrogen and oxygen atoms in total. The molecule has 0 aliphatic rings. The van der Waals surface area contributed by atoms with Gasteiger partial charge < -0.3 is 5.32 Å². The van der Waals surface area contributed by atoms with Gasteiger partial charge in [0, 0.05) is 18.6 Å². The molecule has 0 fully saturated rings. The van der Waals surface area contributed by atoms with Gasteiger partial charge in [0.25, 0.3) is 0 Å². The zero-order valence-electron chi connectivity index (χ0n) is 12.2. The molecule has 0 saturated heterocycles. The van der Waals surface area contributed by atoms with Gasteiger partial charge in [-0.2, -0.15) is 0 Å². The van der Waals surface area contributed by atoms with Crippen molar-refractivity contribution < 1.29 is 0 Å². The quantitative estimate of drug-likeness (QED) is 0.793. The fraction of sp³-hybridized carbons (Fsp3) is 0.0588. The van der Waals surface area contributed by atoms with Gasteiger partial charge in [0.2, 0.25) is 0 Å². The molecule has 0 aromatic carbocycles. The number of rotatable bonds is 4. The lowest BCUT2D eigenvalue weighted by atomic mass is 10.1. The van der Waals surface area contributed by atoms with Crippen molar-refractivity contribution >= 4 is 17.2 Å². The highest BCUT2D eigenvalue weighted by molar-refractivity contribution is 5.63. The van der Waals surface area contributed by atoms with Crippen molar-refractivity contribution in [3.8, 4) is 11.4 Å². The summed E-state index contributed by atoms with van der Waals surface area (Å²) in [4.78, 5) is 17.2. The molecule has 0 aliphatic heterocycles. The maximum Gasteiger partial charge on any atom is 0.132 e. The standard InChI is InChI=1S/C17H15N5/c1-12(2)13-6-7-16(20-10-13)22-17-5-3-4-14(21-17)15-11-18-8-9-19-15/h3-11H,1H2,2H3,(H,20,21,22). The van der Waals surface area contributed by atoms with Crippen LogP contribution in [-0.4, -0.2) is 19.9 Å². The van der Waals surface area contributed by atoms with E-state index < -0.39 is 0 Å². The Bertz CT molecular complexity index is 782. The summed E-state index contributed by atoms with van der Waals surface area (Å²) in [5.74, 6) is 1.44. The topological polar surface area (TPSA) is 63.6 Å². The average molecular weight is 289 g/mol. The predicted octanol–water partition coefficient (Wildman–Crippen LogP) is 3.71. The summed E-state index contributed by atoms with van der Waals surface area (Å²) < 4.78 is 0. The van der Waals surface area contributed by atoms with Crippen LogP contribution in [0.3, 0.4) is 0 Å². The average Bonchev–Trinajstić information content (AvgIpc) is 2.56. The number of nitrogens with zero attached hydrogens (tertiary/aromatic N) is 4. The van der Waals surface area contributed by atoms with E-state index in [9.17, 15) is 0 Å². The van der Waals surface area contributed by atoms with Crippen LogP contribution in [0, 0.1) is 0 Å². The molecule has 5 heteroatoms. The molecule has 0 unspecified atom stereocenters. The number of hydrogen-bond donors (Lipinski definition) is 1. The zero-order valence-corrected chi connectivity index (χ0v) is 12.2. The molecule has 0 bridgehead atoms. The lowest BCUT2D eigenvalue weighted by Gasteiger charge is -2.07. The molecule has 1 N–H and O–H groups in total. The fourth-order valence-electron chi connectivity index (χ4n) is 1.93. The van der Waals surface area contributed by atoms with Gasteiger partial charge in [-0.1, -0.05) is 12.6 Å². The van der Waals surface area contributed by atoms with Gasteiger partial charge in [-0.15, -0.1) is 0 Å². The Morgan fingerprint density at radius 3 is 2.55 bits per heavy atom. The van der Waals surface area contributed by atoms with Crippen LogP contribution in [0.1, 0.15) is 12.5 Å². The Hall–Kier alpha value is -3.08. The summed E-state index contributed by atoms with van der Waals surface area (Å²) in [5, 5.41) is 3.18. The molecule has 0 atom stereocenters. The third-order valence-electron chi connectivity index (χ3n) is 3.09. The van der Waals surface area contributed by atoms with E-state index in [4.69, 9.17) is 0 Å². The van der Waals surface area contributed by atoms with Gasteiger partial charge in [-0.3, -0.25) is 9.97 Å². The zero-order chi connectivity index (χ0) is 15.4. The van der Waals surface area contributed by atoms with Crippen molar-refractivity contribution in [1.82, 2.24) is 19.9 Å². The summed E-state index contributed by atoms with van der Waals surface area (Å²) in [6, 6.07) is 9.58. The Balaban J connectivity index is 1.82. The highest BCUT2D eigenvalue weighted by atomic mass is 15.1. The first kappa shape index (κ1) is 13.9. The normalized spacial score (nSPS) is 10.2. The monoisotopic (exact) mass is 289 g/mol. The summed E-state index contributed by atoms with van der Waals surface area (Å²) in [6.07, 6.45) is 6.76. The molecular weight excluding hydrogens is 274 g/mol. The molecule has 108 valence electrons. The highest BCUT2D eigenvalue weighted by Gasteiger charge is 2.03. The van der Waals surface area contributed by atoms with E-state index in [-0.39, 0.29) is 0 Å². The maximum atomic E-state index is 4.52. The minimum atomic E-state index is 0.707. The Morgan fingerprint density at radius 1 is 0.955 bits per heavy atom. The largest absolute Gasteiger partial charge is 0.325 e. The van der Waals surface area contributed by atoms with Crippen molar-refractivity contribution in [2.75, 3.05) is 5.32 Å². The fourth-order valence-corrected chi connectivity index (χ4v) is 1.93. The highest BCUT2D eigenvalue weighted by Crippen LogP contribution is 2.19. The summed E-state index contributed by atoms with van der Waals surface area (Å²) >= 11 is 0. The van der Waals surface area contributed by atoms with Crippen molar-refractivity contribution in [1.29, 1.82) is 0 Å². The number of pyridine rings is 2. The molecule has 3 aromatic heterocycles. The minimum absolute atomic E-state index is 0.707. The van der Waals surface area contributed by atoms with E-state index in [1.54, 1.807) is 24.8 Å². The second-order valence-electron chi connectivity index (χ2n) is 4.84. The lowest BCUT2D eigenvalue weighted by Crippen LogP contribution is -1.97. The van der Waals surface area contributed by atoms with E-state index >= 15 is 0 Å². The first-order valence-electron chi connectivity index (χ1n) is 6.85. The van der Waals surface area contributed by atoms with Gasteiger partial charge >= 0.3 is 0 Å². The number of hydrogen-bond acceptors (Lipinski definition) is 5. The Labute approximate surface area is 128 Å². The molecule has 3 heterocycles. The van der Waals surface area contributed by atoms with Gasteiger partial charge in [0.1, 0.15) is 17.3 Å². The van der Waals surface area contributed by atoms with Crippen LogP contribution in [0.5, 0.6) is 0 Å². The molecule has 22 heavy (non-hydrogen) atoms. The molecule has 0 spiro atoms. The molecule has 0 amide bonds. The van der Waals surface area contributed by atoms with Crippen LogP contribution < -0.4 is 5.32 Å². The van der Waals surface area contributed by atoms with Crippen molar-refractivity contribution in [3.05, 3.63) is 67.3 Å². The van der Waals surface area contributed by atoms with Crippen molar-refractivity contribution in [2.45, 2.75) is 6.92 Å². The van der Waals surface area contributed by atoms with Gasteiger partial charge in [0.05, 0.1) is 11.9 Å². The summed E-state index contributed by atoms with van der Waals surface area (Å²) in [7, 11) is 0. The summed E-state index contributed by atoms with van der Waals surface area (Å²) in [5.41, 5.74) is 3.50. The first-order valence-corrected chi connectivity index (χ1v) is 6.85. The molecule has 3 aromatic rings. The van der Waals surface area contributed by atoms with Crippen LogP contribution in [0.25, 0.3) is 17.0 Å². The molecule has 0 saturated carbocycles. The number of allylic oxidation sites excluding steroid dienone is 1. The minimum Gasteiger partial charge on any atom is -0.325 e. The molecule has 0 aliphatic carbocycles. The van der Waals surface area contributed by atoms with Crippen molar-refractivity contribution in [2.24, 2.45) is 0 Å². The number of nitrogens with one attached hydrogen (secondary N) is 1. The first-order chi connectivity index (χ1) is 10.7. The predicted molar refractivity (Wildman–Crippen MR) is 87.5 cm³/mol. The van der Waals surface area contributed by atoms with Crippen LogP contribution in [-0.2, 0) is 0 Å². The molecule has 3 rings (SSSR count). The van der Waals surface area contributed by atoms with E-state index in [0.29, 0.717) is 5.82 Å². The maximum absolute atomic E-state index is 4.52. The van der Waals surface area contributed by atoms with Crippen LogP contribution in [0.15, 0.2) is 61.7 Å². The molecular formula is C17H15N5. The van der Waals surface area contributed by atoms with Gasteiger partial charge in [-0.05, 0) is 42.3 Å². The Morgan fingerprint density at radius 2 is 1.86 bits per heavy atom. The number of anilines is 2. The number of aromatic nitrogens is 4. The molecule has 0 radical (unpaired) electrons. The smallest absolute Gasteiger partial charge is 0.132 e. The van der Waals surface area contributed by atoms with E-state index in [2.05, 4.69) is 31.8 Å².